The molecule has 5 rings (SSSR count). The highest BCUT2D eigenvalue weighted by Crippen LogP contribution is 2.38. The summed E-state index contributed by atoms with van der Waals surface area (Å²) in [4.78, 5) is 0. The Hall–Kier alpha value is -3.42. The SMILES string of the molecule is COc1ccc(C2=Nn3c(nnc3C(O)(c3ccccc3)c3ccccc3)SC2)cc1. The lowest BCUT2D eigenvalue weighted by molar-refractivity contribution is 0.111. The Balaban J connectivity index is 1.66. The van der Waals surface area contributed by atoms with Crippen molar-refractivity contribution in [2.24, 2.45) is 5.10 Å². The van der Waals surface area contributed by atoms with Gasteiger partial charge in [-0.15, -0.1) is 10.2 Å². The smallest absolute Gasteiger partial charge is 0.212 e. The van der Waals surface area contributed by atoms with Crippen molar-refractivity contribution >= 4 is 17.5 Å². The summed E-state index contributed by atoms with van der Waals surface area (Å²) in [6.07, 6.45) is 0. The molecule has 2 heterocycles. The summed E-state index contributed by atoms with van der Waals surface area (Å²) in [6.45, 7) is 0. The molecule has 0 atom stereocenters. The average Bonchev–Trinajstić information content (AvgIpc) is 3.28. The van der Waals surface area contributed by atoms with Gasteiger partial charge in [0.05, 0.1) is 12.8 Å². The second kappa shape index (κ2) is 8.02. The summed E-state index contributed by atoms with van der Waals surface area (Å²) in [6, 6.07) is 26.8. The lowest BCUT2D eigenvalue weighted by Gasteiger charge is -2.28. The van der Waals surface area contributed by atoms with Crippen LogP contribution in [0, 0.1) is 0 Å². The zero-order valence-corrected chi connectivity index (χ0v) is 17.7. The molecule has 31 heavy (non-hydrogen) atoms. The molecule has 0 radical (unpaired) electrons. The molecule has 1 aliphatic heterocycles. The molecule has 1 aliphatic rings. The maximum Gasteiger partial charge on any atom is 0.212 e. The third kappa shape index (κ3) is 3.41. The number of methoxy groups -OCH3 is 1. The number of hydrogen-bond acceptors (Lipinski definition) is 6. The Labute approximate surface area is 184 Å². The molecule has 0 unspecified atom stereocenters. The van der Waals surface area contributed by atoms with Crippen LogP contribution in [0.2, 0.25) is 0 Å². The molecule has 0 bridgehead atoms. The van der Waals surface area contributed by atoms with E-state index in [-0.39, 0.29) is 0 Å². The van der Waals surface area contributed by atoms with Gasteiger partial charge < -0.3 is 9.84 Å². The predicted molar refractivity (Wildman–Crippen MR) is 121 cm³/mol. The van der Waals surface area contributed by atoms with Crippen molar-refractivity contribution in [1.29, 1.82) is 0 Å². The third-order valence-electron chi connectivity index (χ3n) is 5.30. The highest BCUT2D eigenvalue weighted by Gasteiger charge is 2.40. The molecule has 0 saturated heterocycles. The molecule has 7 heteroatoms. The van der Waals surface area contributed by atoms with E-state index in [9.17, 15) is 5.11 Å². The largest absolute Gasteiger partial charge is 0.497 e. The van der Waals surface area contributed by atoms with E-state index in [1.54, 1.807) is 23.5 Å². The monoisotopic (exact) mass is 428 g/mol. The van der Waals surface area contributed by atoms with Gasteiger partial charge in [0.15, 0.2) is 11.4 Å². The first-order valence-corrected chi connectivity index (χ1v) is 10.8. The van der Waals surface area contributed by atoms with Gasteiger partial charge in [-0.25, -0.2) is 0 Å². The zero-order valence-electron chi connectivity index (χ0n) is 16.8. The summed E-state index contributed by atoms with van der Waals surface area (Å²) in [5.74, 6) is 1.82. The van der Waals surface area contributed by atoms with E-state index in [1.165, 1.54) is 0 Å². The number of fused-ring (bicyclic) bond motifs is 1. The van der Waals surface area contributed by atoms with E-state index in [4.69, 9.17) is 9.84 Å². The minimum Gasteiger partial charge on any atom is -0.497 e. The van der Waals surface area contributed by atoms with Gasteiger partial charge in [-0.1, -0.05) is 72.4 Å². The topological polar surface area (TPSA) is 72.5 Å². The van der Waals surface area contributed by atoms with Crippen LogP contribution in [0.4, 0.5) is 0 Å². The third-order valence-corrected chi connectivity index (χ3v) is 6.23. The lowest BCUT2D eigenvalue weighted by atomic mass is 9.85. The molecule has 1 aromatic heterocycles. The summed E-state index contributed by atoms with van der Waals surface area (Å²) in [7, 11) is 1.65. The minimum absolute atomic E-state index is 0.359. The summed E-state index contributed by atoms with van der Waals surface area (Å²) in [5.41, 5.74) is 1.77. The van der Waals surface area contributed by atoms with Crippen LogP contribution < -0.4 is 4.74 Å². The fourth-order valence-corrected chi connectivity index (χ4v) is 4.50. The van der Waals surface area contributed by atoms with Gasteiger partial charge in [0, 0.05) is 5.75 Å². The zero-order chi connectivity index (χ0) is 21.3. The van der Waals surface area contributed by atoms with Crippen molar-refractivity contribution < 1.29 is 9.84 Å². The minimum atomic E-state index is -1.50. The van der Waals surface area contributed by atoms with Crippen LogP contribution in [-0.4, -0.2) is 38.6 Å². The second-order valence-electron chi connectivity index (χ2n) is 7.12. The van der Waals surface area contributed by atoms with Crippen LogP contribution in [0.25, 0.3) is 0 Å². The molecule has 6 nitrogen and oxygen atoms in total. The van der Waals surface area contributed by atoms with Gasteiger partial charge in [-0.2, -0.15) is 9.78 Å². The van der Waals surface area contributed by atoms with E-state index >= 15 is 0 Å². The van der Waals surface area contributed by atoms with Gasteiger partial charge in [0.1, 0.15) is 5.75 Å². The second-order valence-corrected chi connectivity index (χ2v) is 8.07. The van der Waals surface area contributed by atoms with E-state index in [1.807, 2.05) is 84.9 Å². The fraction of sp³-hybridized carbons (Fsp3) is 0.125. The number of thioether (sulfide) groups is 1. The maximum absolute atomic E-state index is 12.1. The van der Waals surface area contributed by atoms with Crippen LogP contribution in [0.3, 0.4) is 0 Å². The van der Waals surface area contributed by atoms with E-state index in [0.717, 1.165) is 17.0 Å². The first-order chi connectivity index (χ1) is 15.2. The molecule has 0 spiro atoms. The van der Waals surface area contributed by atoms with Gasteiger partial charge >= 0.3 is 0 Å². The van der Waals surface area contributed by atoms with Crippen LogP contribution in [0.1, 0.15) is 22.5 Å². The van der Waals surface area contributed by atoms with Crippen molar-refractivity contribution in [3.8, 4) is 5.75 Å². The van der Waals surface area contributed by atoms with Gasteiger partial charge in [-0.05, 0) is 41.0 Å². The quantitative estimate of drug-likeness (QED) is 0.522. The number of rotatable bonds is 5. The molecule has 4 aromatic rings. The van der Waals surface area contributed by atoms with Gasteiger partial charge in [-0.3, -0.25) is 0 Å². The predicted octanol–water partition coefficient (Wildman–Crippen LogP) is 3.93. The first-order valence-electron chi connectivity index (χ1n) is 9.84. The lowest BCUT2D eigenvalue weighted by Crippen LogP contribution is -2.33. The molecule has 154 valence electrons. The number of aliphatic hydroxyl groups is 1. The van der Waals surface area contributed by atoms with Crippen molar-refractivity contribution in [2.45, 2.75) is 10.8 Å². The Morgan fingerprint density at radius 1 is 0.871 bits per heavy atom. The number of hydrogen-bond donors (Lipinski definition) is 1. The Bertz CT molecular complexity index is 1180. The summed E-state index contributed by atoms with van der Waals surface area (Å²) >= 11 is 1.55. The van der Waals surface area contributed by atoms with Gasteiger partial charge in [0.2, 0.25) is 5.16 Å². The summed E-state index contributed by atoms with van der Waals surface area (Å²) < 4.78 is 6.92. The molecule has 1 N–H and O–H groups in total. The highest BCUT2D eigenvalue weighted by atomic mass is 32.2. The molecule has 0 fully saturated rings. The highest BCUT2D eigenvalue weighted by molar-refractivity contribution is 7.99. The van der Waals surface area contributed by atoms with E-state index < -0.39 is 5.60 Å². The first kappa shape index (κ1) is 19.5. The Morgan fingerprint density at radius 2 is 1.48 bits per heavy atom. The Kier molecular flexibility index (Phi) is 5.05. The fourth-order valence-electron chi connectivity index (χ4n) is 3.66. The van der Waals surface area contributed by atoms with E-state index in [2.05, 4.69) is 10.2 Å². The number of benzene rings is 3. The molecular weight excluding hydrogens is 408 g/mol. The molecular formula is C24H20N4O2S. The molecule has 0 aliphatic carbocycles. The summed E-state index contributed by atoms with van der Waals surface area (Å²) in [5, 5.41) is 26.3. The van der Waals surface area contributed by atoms with Gasteiger partial charge in [0.25, 0.3) is 0 Å². The van der Waals surface area contributed by atoms with Crippen LogP contribution >= 0.6 is 11.8 Å². The molecule has 0 amide bonds. The van der Waals surface area contributed by atoms with Crippen LogP contribution in [0.15, 0.2) is 95.2 Å². The Morgan fingerprint density at radius 3 is 2.06 bits per heavy atom. The van der Waals surface area contributed by atoms with Crippen molar-refractivity contribution in [2.75, 3.05) is 12.9 Å². The normalized spacial score (nSPS) is 13.4. The van der Waals surface area contributed by atoms with E-state index in [0.29, 0.717) is 27.9 Å². The number of ether oxygens (including phenoxy) is 1. The molecule has 3 aromatic carbocycles. The molecule has 0 saturated carbocycles. The van der Waals surface area contributed by atoms with Crippen molar-refractivity contribution in [1.82, 2.24) is 14.9 Å². The van der Waals surface area contributed by atoms with Crippen LogP contribution in [-0.2, 0) is 5.60 Å². The number of nitrogens with zero attached hydrogens (tertiary/aromatic N) is 4. The standard InChI is InChI=1S/C24H20N4O2S/c1-30-20-14-12-17(13-15-20)21-16-31-23-26-25-22(28(23)27-21)24(29,18-8-4-2-5-9-18)19-10-6-3-7-11-19/h2-15,29H,16H2,1H3. The van der Waals surface area contributed by atoms with Crippen LogP contribution in [0.5, 0.6) is 5.75 Å². The average molecular weight is 429 g/mol. The maximum atomic E-state index is 12.1. The number of aromatic nitrogens is 3. The van der Waals surface area contributed by atoms with Crippen molar-refractivity contribution in [3.05, 3.63) is 107 Å². The van der Waals surface area contributed by atoms with Crippen molar-refractivity contribution in [3.63, 3.8) is 0 Å².